The molecule has 0 fully saturated rings. The first-order chi connectivity index (χ1) is 12.4. The van der Waals surface area contributed by atoms with Crippen LogP contribution in [0.3, 0.4) is 0 Å². The Labute approximate surface area is 162 Å². The first kappa shape index (κ1) is 17.8. The number of nitrogens with zero attached hydrogens (tertiary/aromatic N) is 1. The summed E-state index contributed by atoms with van der Waals surface area (Å²) in [5, 5.41) is 0.821. The number of hydrogen-bond donors (Lipinski definition) is 1. The number of thioether (sulfide) groups is 1. The van der Waals surface area contributed by atoms with Gasteiger partial charge < -0.3 is 4.98 Å². The van der Waals surface area contributed by atoms with Gasteiger partial charge in [0.1, 0.15) is 10.7 Å². The van der Waals surface area contributed by atoms with Crippen molar-refractivity contribution in [3.05, 3.63) is 45.1 Å². The van der Waals surface area contributed by atoms with Crippen LogP contribution in [0.15, 0.2) is 34.0 Å². The molecule has 1 atom stereocenters. The van der Waals surface area contributed by atoms with Gasteiger partial charge in [-0.1, -0.05) is 32.9 Å². The molecule has 3 aromatic rings. The van der Waals surface area contributed by atoms with E-state index in [1.165, 1.54) is 15.3 Å². The predicted molar refractivity (Wildman–Crippen MR) is 112 cm³/mol. The molecule has 0 saturated heterocycles. The Hall–Kier alpha value is -1.59. The fourth-order valence-corrected chi connectivity index (χ4v) is 5.52. The van der Waals surface area contributed by atoms with Gasteiger partial charge >= 0.3 is 0 Å². The highest BCUT2D eigenvalue weighted by Crippen LogP contribution is 2.42. The SMILES string of the molecule is CSc1ccc(-c2nc3sc4c(c3c(=O)[nH]2)CC[C@@H](C(C)(C)C)C4)cc1. The monoisotopic (exact) mass is 384 g/mol. The number of rotatable bonds is 2. The molecule has 4 rings (SSSR count). The molecule has 26 heavy (non-hydrogen) atoms. The number of thiophene rings is 1. The van der Waals surface area contributed by atoms with Crippen LogP contribution >= 0.6 is 23.1 Å². The minimum Gasteiger partial charge on any atom is -0.306 e. The standard InChI is InChI=1S/C21H24N2OS2/c1-21(2,3)13-7-10-15-16(11-13)26-20-17(15)19(24)22-18(23-20)12-5-8-14(25-4)9-6-12/h5-6,8-9,13H,7,10-11H2,1-4H3,(H,22,23,24)/t13-/m1/s1. The average Bonchev–Trinajstić information content (AvgIpc) is 2.99. The summed E-state index contributed by atoms with van der Waals surface area (Å²) >= 11 is 3.42. The van der Waals surface area contributed by atoms with E-state index in [0.29, 0.717) is 17.2 Å². The number of hydrogen-bond acceptors (Lipinski definition) is 4. The van der Waals surface area contributed by atoms with Crippen LogP contribution in [0.4, 0.5) is 0 Å². The summed E-state index contributed by atoms with van der Waals surface area (Å²) in [5.41, 5.74) is 2.51. The molecule has 0 bridgehead atoms. The van der Waals surface area contributed by atoms with Crippen molar-refractivity contribution in [2.24, 2.45) is 11.3 Å². The van der Waals surface area contributed by atoms with Crippen molar-refractivity contribution in [3.8, 4) is 11.4 Å². The van der Waals surface area contributed by atoms with Gasteiger partial charge in [0.25, 0.3) is 5.56 Å². The number of aryl methyl sites for hydroxylation is 1. The third kappa shape index (κ3) is 3.12. The number of aromatic amines is 1. The number of benzene rings is 1. The Morgan fingerprint density at radius 1 is 1.23 bits per heavy atom. The van der Waals surface area contributed by atoms with Gasteiger partial charge in [-0.2, -0.15) is 0 Å². The summed E-state index contributed by atoms with van der Waals surface area (Å²) in [6, 6.07) is 8.19. The van der Waals surface area contributed by atoms with Crippen LogP contribution in [0, 0.1) is 11.3 Å². The fraction of sp³-hybridized carbons (Fsp3) is 0.429. The first-order valence-corrected chi connectivity index (χ1v) is 11.1. The van der Waals surface area contributed by atoms with Crippen LogP contribution in [0.5, 0.6) is 0 Å². The summed E-state index contributed by atoms with van der Waals surface area (Å²) in [6.07, 6.45) is 5.27. The lowest BCUT2D eigenvalue weighted by Gasteiger charge is -2.33. The third-order valence-electron chi connectivity index (χ3n) is 5.51. The summed E-state index contributed by atoms with van der Waals surface area (Å²) in [5.74, 6) is 1.34. The van der Waals surface area contributed by atoms with Gasteiger partial charge in [-0.25, -0.2) is 4.98 Å². The lowest BCUT2D eigenvalue weighted by Crippen LogP contribution is -2.26. The van der Waals surface area contributed by atoms with Gasteiger partial charge in [0.2, 0.25) is 0 Å². The molecule has 0 saturated carbocycles. The van der Waals surface area contributed by atoms with Gasteiger partial charge in [0, 0.05) is 15.3 Å². The molecule has 3 nitrogen and oxygen atoms in total. The highest BCUT2D eigenvalue weighted by molar-refractivity contribution is 7.98. The minimum absolute atomic E-state index is 0.00523. The third-order valence-corrected chi connectivity index (χ3v) is 7.40. The van der Waals surface area contributed by atoms with E-state index in [4.69, 9.17) is 4.98 Å². The van der Waals surface area contributed by atoms with Crippen molar-refractivity contribution in [3.63, 3.8) is 0 Å². The van der Waals surface area contributed by atoms with Crippen LogP contribution in [0.1, 0.15) is 37.6 Å². The first-order valence-electron chi connectivity index (χ1n) is 9.06. The van der Waals surface area contributed by atoms with E-state index in [0.717, 1.165) is 35.0 Å². The Balaban J connectivity index is 1.78. The van der Waals surface area contributed by atoms with Crippen LogP contribution < -0.4 is 5.56 Å². The summed E-state index contributed by atoms with van der Waals surface area (Å²) in [6.45, 7) is 6.95. The molecule has 5 heteroatoms. The largest absolute Gasteiger partial charge is 0.306 e. The normalized spacial score (nSPS) is 17.5. The van der Waals surface area contributed by atoms with Crippen LogP contribution in [-0.2, 0) is 12.8 Å². The summed E-state index contributed by atoms with van der Waals surface area (Å²) < 4.78 is 0. The van der Waals surface area contributed by atoms with E-state index in [1.807, 2.05) is 12.1 Å². The van der Waals surface area contributed by atoms with E-state index in [-0.39, 0.29) is 5.56 Å². The maximum Gasteiger partial charge on any atom is 0.260 e. The van der Waals surface area contributed by atoms with Gasteiger partial charge in [-0.05, 0) is 54.5 Å². The van der Waals surface area contributed by atoms with Gasteiger partial charge in [-0.15, -0.1) is 23.1 Å². The molecular formula is C21H24N2OS2. The van der Waals surface area contributed by atoms with E-state index in [2.05, 4.69) is 44.1 Å². The number of fused-ring (bicyclic) bond motifs is 3. The molecule has 1 N–H and O–H groups in total. The number of nitrogens with one attached hydrogen (secondary N) is 1. The Morgan fingerprint density at radius 2 is 1.96 bits per heavy atom. The van der Waals surface area contributed by atoms with Crippen molar-refractivity contribution >= 4 is 33.3 Å². The smallest absolute Gasteiger partial charge is 0.260 e. The van der Waals surface area contributed by atoms with Crippen LogP contribution in [-0.4, -0.2) is 16.2 Å². The number of aromatic nitrogens is 2. The molecule has 2 aromatic heterocycles. The molecule has 0 aliphatic heterocycles. The second-order valence-corrected chi connectivity index (χ2v) is 10.1. The van der Waals surface area contributed by atoms with Crippen molar-refractivity contribution in [1.29, 1.82) is 0 Å². The zero-order valence-electron chi connectivity index (χ0n) is 15.7. The van der Waals surface area contributed by atoms with Crippen molar-refractivity contribution in [2.45, 2.75) is 44.9 Å². The number of H-pyrrole nitrogens is 1. The van der Waals surface area contributed by atoms with E-state index in [1.54, 1.807) is 23.1 Å². The van der Waals surface area contributed by atoms with Crippen molar-refractivity contribution < 1.29 is 0 Å². The minimum atomic E-state index is 0.00523. The van der Waals surface area contributed by atoms with Crippen molar-refractivity contribution in [1.82, 2.24) is 9.97 Å². The quantitative estimate of drug-likeness (QED) is 0.591. The lowest BCUT2D eigenvalue weighted by atomic mass is 9.72. The Bertz CT molecular complexity index is 1010. The molecule has 136 valence electrons. The van der Waals surface area contributed by atoms with E-state index < -0.39 is 0 Å². The zero-order chi connectivity index (χ0) is 18.5. The summed E-state index contributed by atoms with van der Waals surface area (Å²) in [7, 11) is 0. The molecule has 0 amide bonds. The Morgan fingerprint density at radius 3 is 2.62 bits per heavy atom. The highest BCUT2D eigenvalue weighted by Gasteiger charge is 2.31. The molecule has 0 unspecified atom stereocenters. The molecule has 1 aromatic carbocycles. The van der Waals surface area contributed by atoms with Gasteiger partial charge in [-0.3, -0.25) is 4.79 Å². The maximum atomic E-state index is 12.8. The highest BCUT2D eigenvalue weighted by atomic mass is 32.2. The van der Waals surface area contributed by atoms with Crippen LogP contribution in [0.2, 0.25) is 0 Å². The second kappa shape index (κ2) is 6.54. The summed E-state index contributed by atoms with van der Waals surface area (Å²) in [4.78, 5) is 24.1. The van der Waals surface area contributed by atoms with Crippen LogP contribution in [0.25, 0.3) is 21.6 Å². The molecule has 1 aliphatic carbocycles. The average molecular weight is 385 g/mol. The zero-order valence-corrected chi connectivity index (χ0v) is 17.3. The van der Waals surface area contributed by atoms with E-state index >= 15 is 0 Å². The predicted octanol–water partition coefficient (Wildman–Crippen LogP) is 5.52. The van der Waals surface area contributed by atoms with Gasteiger partial charge in [0.15, 0.2) is 0 Å². The molecule has 1 aliphatic rings. The molecule has 0 spiro atoms. The fourth-order valence-electron chi connectivity index (χ4n) is 3.81. The lowest BCUT2D eigenvalue weighted by molar-refractivity contribution is 0.218. The second-order valence-electron chi connectivity index (χ2n) is 8.13. The van der Waals surface area contributed by atoms with E-state index in [9.17, 15) is 4.79 Å². The van der Waals surface area contributed by atoms with Crippen molar-refractivity contribution in [2.75, 3.05) is 6.26 Å². The molecular weight excluding hydrogens is 360 g/mol. The molecule has 2 heterocycles. The van der Waals surface area contributed by atoms with Gasteiger partial charge in [0.05, 0.1) is 5.39 Å². The topological polar surface area (TPSA) is 45.8 Å². The Kier molecular flexibility index (Phi) is 4.48. The maximum absolute atomic E-state index is 12.8. The molecule has 0 radical (unpaired) electrons.